The minimum Gasteiger partial charge on any atom is -0.481 e. The normalized spacial score (nSPS) is 16.4. The number of nitrogens with zero attached hydrogens (tertiary/aromatic N) is 5. The smallest absolute Gasteiger partial charge is 0.219 e. The average molecular weight is 736 g/mol. The second-order valence-corrected chi connectivity index (χ2v) is 13.6. The van der Waals surface area contributed by atoms with Crippen molar-refractivity contribution in [3.8, 4) is 28.4 Å². The van der Waals surface area contributed by atoms with Crippen LogP contribution in [-0.2, 0) is 22.7 Å². The number of anilines is 2. The molecular weight excluding hydrogens is 694 g/mol. The van der Waals surface area contributed by atoms with E-state index in [1.165, 1.54) is 0 Å². The number of pyridine rings is 3. The molecule has 2 saturated heterocycles. The summed E-state index contributed by atoms with van der Waals surface area (Å²) >= 11 is 13.9. The zero-order chi connectivity index (χ0) is 36.1. The van der Waals surface area contributed by atoms with E-state index in [9.17, 15) is 9.59 Å². The van der Waals surface area contributed by atoms with E-state index in [-0.39, 0.29) is 29.7 Å². The fourth-order valence-corrected chi connectivity index (χ4v) is 7.10. The SMILES string of the molecule is COc1nc(-c2ccnc(-c3cccc(Nc4nccc(CNC5CCN(C(C)=O)CC5)c4F)c3Cl)c2Cl)ccc1CN[C@@H]1CCN(C(C)=O)C1. The lowest BCUT2D eigenvalue weighted by atomic mass is 10.0. The first-order valence-electron chi connectivity index (χ1n) is 17.0. The minimum absolute atomic E-state index is 0.0440. The molecule has 2 fully saturated rings. The summed E-state index contributed by atoms with van der Waals surface area (Å²) in [4.78, 5) is 40.6. The van der Waals surface area contributed by atoms with Crippen LogP contribution < -0.4 is 20.7 Å². The van der Waals surface area contributed by atoms with Crippen molar-refractivity contribution in [3.05, 3.63) is 81.8 Å². The largest absolute Gasteiger partial charge is 0.481 e. The van der Waals surface area contributed by atoms with Crippen LogP contribution in [0.15, 0.2) is 54.9 Å². The predicted molar refractivity (Wildman–Crippen MR) is 197 cm³/mol. The lowest BCUT2D eigenvalue weighted by Gasteiger charge is -2.31. The number of rotatable bonds is 11. The van der Waals surface area contributed by atoms with Gasteiger partial charge in [-0.3, -0.25) is 14.6 Å². The number of aromatic nitrogens is 3. The Labute approximate surface area is 306 Å². The van der Waals surface area contributed by atoms with Crippen LogP contribution >= 0.6 is 23.2 Å². The summed E-state index contributed by atoms with van der Waals surface area (Å²) in [5, 5.41) is 10.6. The Morgan fingerprint density at radius 2 is 1.53 bits per heavy atom. The summed E-state index contributed by atoms with van der Waals surface area (Å²) in [6, 6.07) is 13.0. The number of nitrogens with one attached hydrogen (secondary N) is 3. The van der Waals surface area contributed by atoms with Crippen LogP contribution in [0.2, 0.25) is 10.0 Å². The number of methoxy groups -OCH3 is 1. The molecule has 268 valence electrons. The van der Waals surface area contributed by atoms with Gasteiger partial charge >= 0.3 is 0 Å². The third kappa shape index (κ3) is 8.41. The molecule has 2 amide bonds. The maximum Gasteiger partial charge on any atom is 0.219 e. The maximum absolute atomic E-state index is 15.7. The highest BCUT2D eigenvalue weighted by Crippen LogP contribution is 2.41. The number of benzene rings is 1. The predicted octanol–water partition coefficient (Wildman–Crippen LogP) is 6.21. The van der Waals surface area contributed by atoms with Crippen molar-refractivity contribution in [1.82, 2.24) is 35.4 Å². The highest BCUT2D eigenvalue weighted by molar-refractivity contribution is 6.39. The van der Waals surface area contributed by atoms with Crippen molar-refractivity contribution in [2.24, 2.45) is 0 Å². The summed E-state index contributed by atoms with van der Waals surface area (Å²) in [6.45, 7) is 6.83. The average Bonchev–Trinajstić information content (AvgIpc) is 3.62. The van der Waals surface area contributed by atoms with E-state index in [1.807, 2.05) is 21.9 Å². The molecule has 14 heteroatoms. The van der Waals surface area contributed by atoms with Crippen molar-refractivity contribution in [3.63, 3.8) is 0 Å². The molecule has 2 aliphatic rings. The van der Waals surface area contributed by atoms with Gasteiger partial charge in [0, 0.05) is 99.8 Å². The molecule has 6 rings (SSSR count). The van der Waals surface area contributed by atoms with E-state index in [0.29, 0.717) is 82.4 Å². The van der Waals surface area contributed by atoms with Crippen LogP contribution in [0.25, 0.3) is 22.5 Å². The molecule has 0 aliphatic carbocycles. The molecule has 0 spiro atoms. The van der Waals surface area contributed by atoms with Crippen molar-refractivity contribution >= 4 is 46.5 Å². The molecule has 0 saturated carbocycles. The molecule has 1 atom stereocenters. The van der Waals surface area contributed by atoms with Crippen LogP contribution in [0.5, 0.6) is 5.88 Å². The van der Waals surface area contributed by atoms with Gasteiger partial charge in [0.1, 0.15) is 0 Å². The number of carbonyl (C=O) groups is 2. The molecule has 0 bridgehead atoms. The monoisotopic (exact) mass is 734 g/mol. The van der Waals surface area contributed by atoms with E-state index in [4.69, 9.17) is 32.9 Å². The van der Waals surface area contributed by atoms with Crippen molar-refractivity contribution in [2.45, 2.75) is 58.3 Å². The highest BCUT2D eigenvalue weighted by Gasteiger charge is 2.25. The molecular formula is C37H41Cl2FN8O3. The van der Waals surface area contributed by atoms with E-state index in [0.717, 1.165) is 31.4 Å². The summed E-state index contributed by atoms with van der Waals surface area (Å²) in [7, 11) is 1.57. The van der Waals surface area contributed by atoms with Gasteiger partial charge in [-0.25, -0.2) is 14.4 Å². The van der Waals surface area contributed by atoms with E-state index in [1.54, 1.807) is 63.7 Å². The Kier molecular flexibility index (Phi) is 11.7. The van der Waals surface area contributed by atoms with Crippen LogP contribution in [0.1, 0.15) is 44.2 Å². The van der Waals surface area contributed by atoms with Crippen molar-refractivity contribution in [1.29, 1.82) is 0 Å². The second kappa shape index (κ2) is 16.3. The topological polar surface area (TPSA) is 125 Å². The first-order valence-corrected chi connectivity index (χ1v) is 17.7. The summed E-state index contributed by atoms with van der Waals surface area (Å²) < 4.78 is 21.3. The Hall–Kier alpha value is -4.36. The highest BCUT2D eigenvalue weighted by atomic mass is 35.5. The van der Waals surface area contributed by atoms with Gasteiger partial charge in [0.15, 0.2) is 11.6 Å². The van der Waals surface area contributed by atoms with Gasteiger partial charge in [0.25, 0.3) is 0 Å². The van der Waals surface area contributed by atoms with E-state index < -0.39 is 5.82 Å². The fraction of sp³-hybridized carbons (Fsp3) is 0.378. The molecule has 0 unspecified atom stereocenters. The molecule has 0 radical (unpaired) electrons. The standard InChI is InChI=1S/C37H41Cl2FN8O3/c1-22(49)47-16-11-26(12-17-47)43-19-24-9-14-42-36(34(24)40)45-31-6-4-5-29(32(31)38)35-33(39)28(10-15-41-35)30-8-7-25(37(46-30)51-3)20-44-27-13-18-48(21-27)23(2)50/h4-10,14-15,26-27,43-44H,11-13,16-21H2,1-3H3,(H,42,45)/t27-/m1/s1. The zero-order valence-corrected chi connectivity index (χ0v) is 30.3. The second-order valence-electron chi connectivity index (χ2n) is 12.8. The molecule has 2 aliphatic heterocycles. The number of hydrogen-bond acceptors (Lipinski definition) is 9. The quantitative estimate of drug-likeness (QED) is 0.165. The molecule has 11 nitrogen and oxygen atoms in total. The minimum atomic E-state index is -0.481. The number of piperidine rings is 1. The number of carbonyl (C=O) groups excluding carboxylic acids is 2. The van der Waals surface area contributed by atoms with Gasteiger partial charge in [-0.1, -0.05) is 41.4 Å². The third-order valence-electron chi connectivity index (χ3n) is 9.51. The number of ether oxygens (including phenoxy) is 1. The van der Waals surface area contributed by atoms with E-state index >= 15 is 4.39 Å². The molecule has 4 aromatic rings. The molecule has 51 heavy (non-hydrogen) atoms. The third-order valence-corrected chi connectivity index (χ3v) is 10.3. The zero-order valence-electron chi connectivity index (χ0n) is 28.8. The molecule has 3 aromatic heterocycles. The van der Waals surface area contributed by atoms with Crippen LogP contribution in [-0.4, -0.2) is 81.9 Å². The van der Waals surface area contributed by atoms with E-state index in [2.05, 4.69) is 25.9 Å². The summed E-state index contributed by atoms with van der Waals surface area (Å²) in [5.41, 5.74) is 4.01. The Bertz CT molecular complexity index is 1910. The lowest BCUT2D eigenvalue weighted by Crippen LogP contribution is -2.44. The Morgan fingerprint density at radius 1 is 0.843 bits per heavy atom. The first kappa shape index (κ1) is 36.4. The van der Waals surface area contributed by atoms with Gasteiger partial charge < -0.3 is 30.5 Å². The van der Waals surface area contributed by atoms with Gasteiger partial charge in [-0.15, -0.1) is 0 Å². The van der Waals surface area contributed by atoms with Gasteiger partial charge in [0.05, 0.1) is 34.2 Å². The first-order chi connectivity index (χ1) is 24.6. The van der Waals surface area contributed by atoms with Crippen molar-refractivity contribution < 1.29 is 18.7 Å². The van der Waals surface area contributed by atoms with Crippen molar-refractivity contribution in [2.75, 3.05) is 38.6 Å². The number of likely N-dealkylation sites (tertiary alicyclic amines) is 2. The Balaban J connectivity index is 1.16. The van der Waals surface area contributed by atoms with Gasteiger partial charge in [-0.05, 0) is 43.5 Å². The number of hydrogen-bond donors (Lipinski definition) is 3. The van der Waals surface area contributed by atoms with Gasteiger partial charge in [0.2, 0.25) is 17.7 Å². The molecule has 5 heterocycles. The summed E-state index contributed by atoms with van der Waals surface area (Å²) in [6.07, 6.45) is 5.71. The van der Waals surface area contributed by atoms with Crippen LogP contribution in [0.3, 0.4) is 0 Å². The maximum atomic E-state index is 15.7. The Morgan fingerprint density at radius 3 is 2.25 bits per heavy atom. The number of amides is 2. The molecule has 3 N–H and O–H groups in total. The van der Waals surface area contributed by atoms with Crippen LogP contribution in [0.4, 0.5) is 15.9 Å². The van der Waals surface area contributed by atoms with Gasteiger partial charge in [-0.2, -0.15) is 0 Å². The lowest BCUT2D eigenvalue weighted by molar-refractivity contribution is -0.130. The summed E-state index contributed by atoms with van der Waals surface area (Å²) in [5.74, 6) is 0.189. The number of halogens is 3. The molecule has 1 aromatic carbocycles. The van der Waals surface area contributed by atoms with Crippen LogP contribution in [0, 0.1) is 5.82 Å². The fourth-order valence-electron chi connectivity index (χ4n) is 6.53.